The van der Waals surface area contributed by atoms with Gasteiger partial charge < -0.3 is 15.4 Å². The number of urea groups is 1. The molecule has 2 aromatic carbocycles. The largest absolute Gasteiger partial charge is 0.488 e. The van der Waals surface area contributed by atoms with Gasteiger partial charge in [-0.25, -0.2) is 9.78 Å². The minimum atomic E-state index is -0.264. The molecule has 0 fully saturated rings. The average Bonchev–Trinajstić information content (AvgIpc) is 2.78. The van der Waals surface area contributed by atoms with E-state index in [1.807, 2.05) is 54.6 Å². The van der Waals surface area contributed by atoms with Gasteiger partial charge in [-0.2, -0.15) is 0 Å². The van der Waals surface area contributed by atoms with Gasteiger partial charge in [-0.3, -0.25) is 9.69 Å². The van der Waals surface area contributed by atoms with Crippen LogP contribution in [0.2, 0.25) is 0 Å². The Hall–Kier alpha value is -3.87. The highest BCUT2D eigenvalue weighted by Crippen LogP contribution is 2.33. The topological polar surface area (TPSA) is 83.6 Å². The SMILES string of the molecule is CNC(=O)c1ccc(-c2ccc3c(n2)N(C(=O)Nc2ccccc2)CCO3)cc1. The van der Waals surface area contributed by atoms with Crippen LogP contribution in [0.1, 0.15) is 10.4 Å². The molecule has 0 bridgehead atoms. The van der Waals surface area contributed by atoms with Gasteiger partial charge in [0.2, 0.25) is 0 Å². The van der Waals surface area contributed by atoms with Gasteiger partial charge in [-0.05, 0) is 36.4 Å². The van der Waals surface area contributed by atoms with E-state index in [0.29, 0.717) is 41.7 Å². The second-order valence-electron chi connectivity index (χ2n) is 6.47. The van der Waals surface area contributed by atoms with Crippen molar-refractivity contribution in [2.45, 2.75) is 0 Å². The van der Waals surface area contributed by atoms with E-state index in [-0.39, 0.29) is 11.9 Å². The van der Waals surface area contributed by atoms with Crippen molar-refractivity contribution in [3.8, 4) is 17.0 Å². The van der Waals surface area contributed by atoms with Crippen LogP contribution < -0.4 is 20.3 Å². The zero-order valence-electron chi connectivity index (χ0n) is 15.9. The van der Waals surface area contributed by atoms with Crippen molar-refractivity contribution in [3.05, 3.63) is 72.3 Å². The number of ether oxygens (including phenoxy) is 1. The summed E-state index contributed by atoms with van der Waals surface area (Å²) >= 11 is 0. The number of hydrogen-bond acceptors (Lipinski definition) is 4. The molecule has 29 heavy (non-hydrogen) atoms. The van der Waals surface area contributed by atoms with Crippen molar-refractivity contribution in [3.63, 3.8) is 0 Å². The number of benzene rings is 2. The van der Waals surface area contributed by atoms with Crippen LogP contribution in [0.3, 0.4) is 0 Å². The number of carbonyl (C=O) groups is 2. The lowest BCUT2D eigenvalue weighted by Crippen LogP contribution is -2.41. The highest BCUT2D eigenvalue weighted by molar-refractivity contribution is 6.02. The lowest BCUT2D eigenvalue weighted by molar-refractivity contribution is 0.0963. The maximum atomic E-state index is 12.8. The molecule has 3 aromatic rings. The molecule has 7 nitrogen and oxygen atoms in total. The minimum Gasteiger partial charge on any atom is -0.488 e. The first-order valence-electron chi connectivity index (χ1n) is 9.25. The molecule has 1 aliphatic heterocycles. The van der Waals surface area contributed by atoms with Crippen LogP contribution in [0, 0.1) is 0 Å². The second-order valence-corrected chi connectivity index (χ2v) is 6.47. The molecule has 1 aliphatic rings. The van der Waals surface area contributed by atoms with Crippen molar-refractivity contribution in [2.75, 3.05) is 30.4 Å². The molecule has 146 valence electrons. The fraction of sp³-hybridized carbons (Fsp3) is 0.136. The van der Waals surface area contributed by atoms with Crippen LogP contribution in [0.15, 0.2) is 66.7 Å². The summed E-state index contributed by atoms with van der Waals surface area (Å²) in [6, 6.07) is 19.8. The van der Waals surface area contributed by atoms with Crippen molar-refractivity contribution >= 4 is 23.4 Å². The third-order valence-electron chi connectivity index (χ3n) is 4.61. The van der Waals surface area contributed by atoms with E-state index in [1.165, 1.54) is 0 Å². The summed E-state index contributed by atoms with van der Waals surface area (Å²) in [5.74, 6) is 0.884. The molecule has 7 heteroatoms. The Morgan fingerprint density at radius 1 is 1.00 bits per heavy atom. The number of aromatic nitrogens is 1. The first-order chi connectivity index (χ1) is 14.2. The highest BCUT2D eigenvalue weighted by Gasteiger charge is 2.26. The Labute approximate surface area is 168 Å². The van der Waals surface area contributed by atoms with Gasteiger partial charge in [0.05, 0.1) is 12.2 Å². The van der Waals surface area contributed by atoms with E-state index < -0.39 is 0 Å². The molecule has 0 radical (unpaired) electrons. The number of anilines is 2. The number of carbonyl (C=O) groups excluding carboxylic acids is 2. The number of nitrogens with one attached hydrogen (secondary N) is 2. The molecular formula is C22H20N4O3. The Kier molecular flexibility index (Phi) is 5.11. The van der Waals surface area contributed by atoms with Gasteiger partial charge in [0.25, 0.3) is 5.91 Å². The normalized spacial score (nSPS) is 12.5. The van der Waals surface area contributed by atoms with Gasteiger partial charge in [-0.15, -0.1) is 0 Å². The second kappa shape index (κ2) is 8.02. The Balaban J connectivity index is 1.61. The number of hydrogen-bond donors (Lipinski definition) is 2. The molecule has 2 heterocycles. The van der Waals surface area contributed by atoms with Crippen LogP contribution in [-0.2, 0) is 0 Å². The van der Waals surface area contributed by atoms with Crippen molar-refractivity contribution in [1.82, 2.24) is 10.3 Å². The number of rotatable bonds is 3. The first-order valence-corrected chi connectivity index (χ1v) is 9.25. The highest BCUT2D eigenvalue weighted by atomic mass is 16.5. The smallest absolute Gasteiger partial charge is 0.327 e. The van der Waals surface area contributed by atoms with Crippen molar-refractivity contribution in [2.24, 2.45) is 0 Å². The number of para-hydroxylation sites is 1. The number of fused-ring (bicyclic) bond motifs is 1. The van der Waals surface area contributed by atoms with Crippen molar-refractivity contribution in [1.29, 1.82) is 0 Å². The lowest BCUT2D eigenvalue weighted by atomic mass is 10.1. The van der Waals surface area contributed by atoms with Crippen LogP contribution in [0.5, 0.6) is 5.75 Å². The third-order valence-corrected chi connectivity index (χ3v) is 4.61. The summed E-state index contributed by atoms with van der Waals surface area (Å²) in [7, 11) is 1.59. The van der Waals surface area contributed by atoms with Gasteiger partial charge in [0.1, 0.15) is 6.61 Å². The Bertz CT molecular complexity index is 1040. The Morgan fingerprint density at radius 3 is 2.48 bits per heavy atom. The zero-order chi connectivity index (χ0) is 20.2. The molecule has 2 N–H and O–H groups in total. The van der Waals surface area contributed by atoms with Crippen LogP contribution in [0.25, 0.3) is 11.3 Å². The molecule has 0 unspecified atom stereocenters. The van der Waals surface area contributed by atoms with E-state index >= 15 is 0 Å². The average molecular weight is 388 g/mol. The van der Waals surface area contributed by atoms with Crippen LogP contribution in [0.4, 0.5) is 16.3 Å². The summed E-state index contributed by atoms with van der Waals surface area (Å²) in [6.07, 6.45) is 0. The fourth-order valence-electron chi connectivity index (χ4n) is 3.10. The van der Waals surface area contributed by atoms with E-state index in [9.17, 15) is 9.59 Å². The van der Waals surface area contributed by atoms with E-state index in [1.54, 1.807) is 24.1 Å². The third kappa shape index (κ3) is 3.89. The van der Waals surface area contributed by atoms with Crippen molar-refractivity contribution < 1.29 is 14.3 Å². The summed E-state index contributed by atoms with van der Waals surface area (Å²) in [5.41, 5.74) is 2.82. The van der Waals surface area contributed by atoms with Crippen LogP contribution in [-0.4, -0.2) is 37.1 Å². The molecule has 0 saturated carbocycles. The molecule has 0 saturated heterocycles. The zero-order valence-corrected chi connectivity index (χ0v) is 15.9. The molecule has 4 rings (SSSR count). The maximum Gasteiger partial charge on any atom is 0.327 e. The van der Waals surface area contributed by atoms with E-state index in [4.69, 9.17) is 4.74 Å². The van der Waals surface area contributed by atoms with Crippen LogP contribution >= 0.6 is 0 Å². The quantitative estimate of drug-likeness (QED) is 0.719. The molecule has 0 spiro atoms. The standard InChI is InChI=1S/C22H20N4O3/c1-23-21(27)16-9-7-15(8-10-16)18-11-12-19-20(25-18)26(13-14-29-19)22(28)24-17-5-3-2-4-6-17/h2-12H,13-14H2,1H3,(H,23,27)(H,24,28). The van der Waals surface area contributed by atoms with E-state index in [0.717, 1.165) is 5.56 Å². The van der Waals surface area contributed by atoms with Gasteiger partial charge in [-0.1, -0.05) is 30.3 Å². The van der Waals surface area contributed by atoms with Gasteiger partial charge >= 0.3 is 6.03 Å². The lowest BCUT2D eigenvalue weighted by Gasteiger charge is -2.28. The maximum absolute atomic E-state index is 12.8. The van der Waals surface area contributed by atoms with E-state index in [2.05, 4.69) is 15.6 Å². The molecule has 1 aromatic heterocycles. The monoisotopic (exact) mass is 388 g/mol. The molecule has 3 amide bonds. The predicted octanol–water partition coefficient (Wildman–Crippen LogP) is 3.54. The summed E-state index contributed by atoms with van der Waals surface area (Å²) < 4.78 is 5.67. The predicted molar refractivity (Wildman–Crippen MR) is 111 cm³/mol. The molecule has 0 atom stereocenters. The molecule has 0 aliphatic carbocycles. The first kappa shape index (κ1) is 18.5. The summed E-state index contributed by atoms with van der Waals surface area (Å²) in [6.45, 7) is 0.800. The van der Waals surface area contributed by atoms with Gasteiger partial charge in [0, 0.05) is 23.9 Å². The van der Waals surface area contributed by atoms with Gasteiger partial charge in [0.15, 0.2) is 11.6 Å². The minimum absolute atomic E-state index is 0.146. The number of pyridine rings is 1. The Morgan fingerprint density at radius 2 is 1.76 bits per heavy atom. The molecular weight excluding hydrogens is 368 g/mol. The summed E-state index contributed by atoms with van der Waals surface area (Å²) in [4.78, 5) is 30.8. The number of amides is 3. The number of nitrogens with zero attached hydrogens (tertiary/aromatic N) is 2. The summed E-state index contributed by atoms with van der Waals surface area (Å²) in [5, 5.41) is 5.48. The fourth-order valence-corrected chi connectivity index (χ4v) is 3.10.